The predicted octanol–water partition coefficient (Wildman–Crippen LogP) is 9.80. The van der Waals surface area contributed by atoms with Crippen molar-refractivity contribution in [3.05, 3.63) is 66.1 Å². The summed E-state index contributed by atoms with van der Waals surface area (Å²) in [6.07, 6.45) is -11.5. The zero-order valence-corrected chi connectivity index (χ0v) is 30.3. The van der Waals surface area contributed by atoms with Gasteiger partial charge in [0.05, 0.1) is 18.9 Å². The summed E-state index contributed by atoms with van der Waals surface area (Å²) in [7, 11) is 0. The normalized spacial score (nSPS) is 14.0. The molecule has 0 aliphatic carbocycles. The van der Waals surface area contributed by atoms with E-state index in [9.17, 15) is 35.9 Å². The van der Waals surface area contributed by atoms with Crippen LogP contribution in [-0.2, 0) is 32.6 Å². The van der Waals surface area contributed by atoms with E-state index in [-0.39, 0.29) is 11.5 Å². The summed E-state index contributed by atoms with van der Waals surface area (Å²) < 4.78 is 115. The predicted molar refractivity (Wildman–Crippen MR) is 176 cm³/mol. The fraction of sp³-hybridized carbons (Fsp3) is 0.514. The standard InChI is InChI=1S/C35H42F6N4O7/c1-11-17-32(8,9)20-48-25-22(34(36,37)38)18-23(45(28(46)51-30(2,3)4)29(47)52-31(5,6)7)24(42-25)26-43-44-27(50-26)33(10,35(39,40)41)49-19-21-15-13-12-14-16-21/h11-16,18H,1,17,19-20H2,2-10H3. The van der Waals surface area contributed by atoms with Crippen molar-refractivity contribution in [2.24, 2.45) is 5.41 Å². The molecule has 0 aliphatic rings. The number of imide groups is 1. The first-order valence-electron chi connectivity index (χ1n) is 15.9. The number of hydrogen-bond acceptors (Lipinski definition) is 10. The second-order valence-corrected chi connectivity index (χ2v) is 14.7. The number of aromatic nitrogens is 3. The van der Waals surface area contributed by atoms with Gasteiger partial charge in [0.2, 0.25) is 11.5 Å². The molecule has 1 atom stereocenters. The fourth-order valence-corrected chi connectivity index (χ4v) is 4.31. The first kappa shape index (κ1) is 41.7. The number of allylic oxidation sites excluding steroid dienone is 1. The molecule has 0 saturated carbocycles. The second kappa shape index (κ2) is 15.1. The van der Waals surface area contributed by atoms with Gasteiger partial charge in [0.1, 0.15) is 16.8 Å². The minimum Gasteiger partial charge on any atom is -0.477 e. The van der Waals surface area contributed by atoms with E-state index < -0.39 is 88.0 Å². The van der Waals surface area contributed by atoms with Crippen LogP contribution in [0, 0.1) is 5.41 Å². The third kappa shape index (κ3) is 10.7. The largest absolute Gasteiger partial charge is 0.477 e. The number of benzene rings is 1. The SMILES string of the molecule is C=CCC(C)(C)COc1nc(-c2nnc(C(C)(OCc3ccccc3)C(F)(F)F)o2)c(N(C(=O)OC(C)(C)C)C(=O)OC(C)(C)C)cc1C(F)(F)F. The van der Waals surface area contributed by atoms with Gasteiger partial charge in [-0.2, -0.15) is 31.2 Å². The minimum atomic E-state index is -5.20. The lowest BCUT2D eigenvalue weighted by molar-refractivity contribution is -0.289. The molecule has 286 valence electrons. The van der Waals surface area contributed by atoms with Crippen molar-refractivity contribution in [2.75, 3.05) is 11.5 Å². The molecule has 17 heteroatoms. The maximum absolute atomic E-state index is 14.7. The second-order valence-electron chi connectivity index (χ2n) is 14.7. The number of anilines is 1. The summed E-state index contributed by atoms with van der Waals surface area (Å²) in [5.41, 5.74) is -9.58. The van der Waals surface area contributed by atoms with Crippen LogP contribution in [0.15, 0.2) is 53.5 Å². The number of hydrogen-bond donors (Lipinski definition) is 0. The van der Waals surface area contributed by atoms with Crippen LogP contribution in [-0.4, -0.2) is 51.4 Å². The molecule has 52 heavy (non-hydrogen) atoms. The molecule has 1 aromatic carbocycles. The number of carbonyl (C=O) groups is 2. The molecule has 2 amide bonds. The highest BCUT2D eigenvalue weighted by atomic mass is 19.4. The van der Waals surface area contributed by atoms with Crippen molar-refractivity contribution >= 4 is 17.9 Å². The minimum absolute atomic E-state index is 0.109. The van der Waals surface area contributed by atoms with Crippen LogP contribution in [0.2, 0.25) is 0 Å². The Labute approximate surface area is 297 Å². The molecule has 1 unspecified atom stereocenters. The lowest BCUT2D eigenvalue weighted by atomic mass is 9.91. The third-order valence-electron chi connectivity index (χ3n) is 6.91. The van der Waals surface area contributed by atoms with E-state index >= 15 is 0 Å². The van der Waals surface area contributed by atoms with E-state index in [0.29, 0.717) is 25.0 Å². The van der Waals surface area contributed by atoms with Gasteiger partial charge in [-0.25, -0.2) is 14.6 Å². The molecule has 3 rings (SSSR count). The van der Waals surface area contributed by atoms with Crippen molar-refractivity contribution in [3.63, 3.8) is 0 Å². The topological polar surface area (TPSA) is 126 Å². The molecule has 3 aromatic rings. The van der Waals surface area contributed by atoms with E-state index in [0.717, 1.165) is 0 Å². The Hall–Kier alpha value is -4.67. The van der Waals surface area contributed by atoms with Gasteiger partial charge in [-0.05, 0) is 66.5 Å². The Morgan fingerprint density at radius 3 is 1.90 bits per heavy atom. The van der Waals surface area contributed by atoms with Gasteiger partial charge in [-0.3, -0.25) is 0 Å². The van der Waals surface area contributed by atoms with Crippen LogP contribution in [0.4, 0.5) is 41.6 Å². The third-order valence-corrected chi connectivity index (χ3v) is 6.91. The number of rotatable bonds is 11. The fourth-order valence-electron chi connectivity index (χ4n) is 4.31. The Bertz CT molecular complexity index is 1700. The lowest BCUT2D eigenvalue weighted by Gasteiger charge is -2.30. The Balaban J connectivity index is 2.36. The molecule has 0 radical (unpaired) electrons. The van der Waals surface area contributed by atoms with Gasteiger partial charge in [-0.15, -0.1) is 16.8 Å². The molecular formula is C35H42F6N4O7. The highest BCUT2D eigenvalue weighted by Gasteiger charge is 2.58. The van der Waals surface area contributed by atoms with Crippen LogP contribution in [0.3, 0.4) is 0 Å². The van der Waals surface area contributed by atoms with Crippen LogP contribution in [0.5, 0.6) is 5.88 Å². The van der Waals surface area contributed by atoms with Crippen molar-refractivity contribution < 1.29 is 59.3 Å². The molecule has 2 aromatic heterocycles. The molecule has 0 fully saturated rings. The zero-order chi connectivity index (χ0) is 39.5. The Morgan fingerprint density at radius 2 is 1.42 bits per heavy atom. The van der Waals surface area contributed by atoms with Gasteiger partial charge < -0.3 is 23.4 Å². The van der Waals surface area contributed by atoms with Gasteiger partial charge in [0.25, 0.3) is 11.8 Å². The molecule has 0 saturated heterocycles. The van der Waals surface area contributed by atoms with E-state index in [2.05, 4.69) is 21.8 Å². The van der Waals surface area contributed by atoms with Crippen LogP contribution < -0.4 is 9.64 Å². The molecule has 0 aliphatic heterocycles. The summed E-state index contributed by atoms with van der Waals surface area (Å²) >= 11 is 0. The molecule has 11 nitrogen and oxygen atoms in total. The quantitative estimate of drug-likeness (QED) is 0.138. The van der Waals surface area contributed by atoms with Crippen LogP contribution in [0.25, 0.3) is 11.6 Å². The highest BCUT2D eigenvalue weighted by Crippen LogP contribution is 2.45. The van der Waals surface area contributed by atoms with E-state index in [1.165, 1.54) is 59.8 Å². The van der Waals surface area contributed by atoms with Gasteiger partial charge in [0, 0.05) is 5.41 Å². The van der Waals surface area contributed by atoms with Gasteiger partial charge in [-0.1, -0.05) is 50.3 Å². The highest BCUT2D eigenvalue weighted by molar-refractivity contribution is 6.11. The first-order chi connectivity index (χ1) is 23.7. The molecule has 2 heterocycles. The summed E-state index contributed by atoms with van der Waals surface area (Å²) in [5.74, 6) is -3.14. The monoisotopic (exact) mass is 744 g/mol. The number of ether oxygens (including phenoxy) is 4. The molecule has 0 bridgehead atoms. The van der Waals surface area contributed by atoms with Crippen molar-refractivity contribution in [2.45, 2.75) is 104 Å². The van der Waals surface area contributed by atoms with Gasteiger partial charge in [0.15, 0.2) is 5.69 Å². The average Bonchev–Trinajstić information content (AvgIpc) is 3.47. The summed E-state index contributed by atoms with van der Waals surface area (Å²) in [6, 6.07) is 8.21. The smallest absolute Gasteiger partial charge is 0.426 e. The molecule has 0 N–H and O–H groups in total. The van der Waals surface area contributed by atoms with Crippen LogP contribution in [0.1, 0.15) is 85.8 Å². The number of nitrogens with zero attached hydrogens (tertiary/aromatic N) is 4. The maximum atomic E-state index is 14.7. The van der Waals surface area contributed by atoms with E-state index in [4.69, 9.17) is 23.4 Å². The molecule has 0 spiro atoms. The summed E-state index contributed by atoms with van der Waals surface area (Å²) in [5, 5.41) is 7.20. The maximum Gasteiger partial charge on any atom is 0.426 e. The Morgan fingerprint density at radius 1 is 0.865 bits per heavy atom. The number of alkyl halides is 6. The van der Waals surface area contributed by atoms with E-state index in [1.54, 1.807) is 32.0 Å². The summed E-state index contributed by atoms with van der Waals surface area (Å²) in [6.45, 7) is 15.3. The van der Waals surface area contributed by atoms with Gasteiger partial charge >= 0.3 is 24.5 Å². The average molecular weight is 745 g/mol. The van der Waals surface area contributed by atoms with Crippen LogP contribution >= 0.6 is 0 Å². The zero-order valence-electron chi connectivity index (χ0n) is 30.3. The lowest BCUT2D eigenvalue weighted by Crippen LogP contribution is -2.44. The number of halogens is 6. The number of carbonyl (C=O) groups excluding carboxylic acids is 2. The van der Waals surface area contributed by atoms with E-state index in [1.807, 2.05) is 0 Å². The van der Waals surface area contributed by atoms with Crippen molar-refractivity contribution in [1.82, 2.24) is 15.2 Å². The van der Waals surface area contributed by atoms with Crippen molar-refractivity contribution in [1.29, 1.82) is 0 Å². The Kier molecular flexibility index (Phi) is 12.1. The van der Waals surface area contributed by atoms with Crippen molar-refractivity contribution in [3.8, 4) is 17.5 Å². The summed E-state index contributed by atoms with van der Waals surface area (Å²) in [4.78, 5) is 31.2. The number of amides is 2. The first-order valence-corrected chi connectivity index (χ1v) is 15.9. The number of pyridine rings is 1. The molecular weight excluding hydrogens is 702 g/mol.